The van der Waals surface area contributed by atoms with Crippen LogP contribution in [0.1, 0.15) is 34.1 Å². The van der Waals surface area contributed by atoms with E-state index in [0.29, 0.717) is 0 Å². The minimum atomic E-state index is -3.96. The zero-order valence-corrected chi connectivity index (χ0v) is 14.5. The Morgan fingerprint density at radius 1 is 1.27 bits per heavy atom. The quantitative estimate of drug-likeness (QED) is 0.328. The Morgan fingerprint density at radius 2 is 1.77 bits per heavy atom. The van der Waals surface area contributed by atoms with Crippen molar-refractivity contribution in [1.29, 1.82) is 0 Å². The maximum atomic E-state index is 12.0. The van der Waals surface area contributed by atoms with Gasteiger partial charge in [0.05, 0.1) is 0 Å². The van der Waals surface area contributed by atoms with Crippen molar-refractivity contribution >= 4 is 24.9 Å². The van der Waals surface area contributed by atoms with Gasteiger partial charge in [-0.1, -0.05) is 0 Å². The summed E-state index contributed by atoms with van der Waals surface area (Å²) in [5.74, 6) is -0.780. The lowest BCUT2D eigenvalue weighted by atomic mass is 10.2. The lowest BCUT2D eigenvalue weighted by Gasteiger charge is -2.21. The Kier molecular flexibility index (Phi) is 7.62. The van der Waals surface area contributed by atoms with Crippen LogP contribution in [0.3, 0.4) is 0 Å². The SMILES string of the molecule is COP(=O)(OC)C(=[N+]=[N-])C(=O)C[C@H](C)NC(=O)OC(C)(C)C. The second-order valence-electron chi connectivity index (χ2n) is 5.46. The van der Waals surface area contributed by atoms with E-state index < -0.39 is 36.6 Å². The molecule has 9 nitrogen and oxygen atoms in total. The topological polar surface area (TPSA) is 127 Å². The van der Waals surface area contributed by atoms with Gasteiger partial charge in [-0.3, -0.25) is 4.79 Å². The van der Waals surface area contributed by atoms with Crippen LogP contribution in [-0.4, -0.2) is 48.0 Å². The minimum Gasteiger partial charge on any atom is -0.444 e. The van der Waals surface area contributed by atoms with Crippen molar-refractivity contribution in [1.82, 2.24) is 5.32 Å². The van der Waals surface area contributed by atoms with Crippen LogP contribution in [0, 0.1) is 0 Å². The molecule has 0 fully saturated rings. The smallest absolute Gasteiger partial charge is 0.444 e. The Balaban J connectivity index is 4.81. The average molecular weight is 335 g/mol. The zero-order chi connectivity index (χ0) is 17.6. The van der Waals surface area contributed by atoms with Gasteiger partial charge in [-0.2, -0.15) is 4.79 Å². The molecule has 1 N–H and O–H groups in total. The number of ether oxygens (including phenoxy) is 1. The summed E-state index contributed by atoms with van der Waals surface area (Å²) in [5, 5.41) is 2.44. The van der Waals surface area contributed by atoms with Gasteiger partial charge in [0.2, 0.25) is 0 Å². The lowest BCUT2D eigenvalue weighted by molar-refractivity contribution is -0.117. The van der Waals surface area contributed by atoms with Crippen LogP contribution in [-0.2, 0) is 23.1 Å². The number of rotatable bonds is 7. The molecule has 1 amide bonds. The summed E-state index contributed by atoms with van der Waals surface area (Å²) in [5.41, 5.74) is 7.46. The van der Waals surface area contributed by atoms with Crippen molar-refractivity contribution in [2.75, 3.05) is 14.2 Å². The third-order valence-corrected chi connectivity index (χ3v) is 4.16. The van der Waals surface area contributed by atoms with Crippen LogP contribution in [0.4, 0.5) is 4.79 Å². The Labute approximate surface area is 129 Å². The fourth-order valence-corrected chi connectivity index (χ4v) is 2.44. The normalized spacial score (nSPS) is 13.0. The van der Waals surface area contributed by atoms with E-state index in [4.69, 9.17) is 10.3 Å². The Morgan fingerprint density at radius 3 is 2.14 bits per heavy atom. The van der Waals surface area contributed by atoms with E-state index in [1.165, 1.54) is 0 Å². The summed E-state index contributed by atoms with van der Waals surface area (Å²) in [6.45, 7) is 6.65. The van der Waals surface area contributed by atoms with Crippen molar-refractivity contribution in [2.24, 2.45) is 0 Å². The largest absolute Gasteiger partial charge is 0.446 e. The van der Waals surface area contributed by atoms with Gasteiger partial charge in [0.1, 0.15) is 5.60 Å². The minimum absolute atomic E-state index is 0.269. The maximum Gasteiger partial charge on any atom is 0.446 e. The van der Waals surface area contributed by atoms with E-state index in [1.54, 1.807) is 27.7 Å². The predicted molar refractivity (Wildman–Crippen MR) is 78.7 cm³/mol. The molecule has 0 aliphatic rings. The average Bonchev–Trinajstić information content (AvgIpc) is 2.36. The first-order chi connectivity index (χ1) is 9.99. The highest BCUT2D eigenvalue weighted by molar-refractivity contribution is 7.74. The first-order valence-electron chi connectivity index (χ1n) is 6.46. The molecular formula is C12H22N3O6P. The van der Waals surface area contributed by atoms with Gasteiger partial charge in [-0.25, -0.2) is 9.36 Å². The molecule has 0 aromatic rings. The van der Waals surface area contributed by atoms with Gasteiger partial charge in [0.15, 0.2) is 0 Å². The monoisotopic (exact) mass is 335 g/mol. The number of amides is 1. The molecule has 0 rings (SSSR count). The molecule has 0 heterocycles. The number of nitrogens with zero attached hydrogens (tertiary/aromatic N) is 2. The third kappa shape index (κ3) is 6.49. The molecule has 0 saturated heterocycles. The molecule has 10 heteroatoms. The fourth-order valence-electron chi connectivity index (χ4n) is 1.44. The van der Waals surface area contributed by atoms with Gasteiger partial charge in [-0.15, -0.1) is 0 Å². The van der Waals surface area contributed by atoms with Gasteiger partial charge in [-0.05, 0) is 27.7 Å². The fraction of sp³-hybridized carbons (Fsp3) is 0.750. The molecule has 0 radical (unpaired) electrons. The highest BCUT2D eigenvalue weighted by Crippen LogP contribution is 2.47. The van der Waals surface area contributed by atoms with Crippen molar-refractivity contribution in [3.8, 4) is 0 Å². The molecule has 0 aliphatic heterocycles. The number of alkyl carbamates (subject to hydrolysis) is 1. The summed E-state index contributed by atoms with van der Waals surface area (Å²) in [6.07, 6.45) is -0.966. The van der Waals surface area contributed by atoms with E-state index in [0.717, 1.165) is 14.2 Å². The summed E-state index contributed by atoms with van der Waals surface area (Å²) in [6, 6.07) is -0.638. The third-order valence-electron chi connectivity index (χ3n) is 2.34. The van der Waals surface area contributed by atoms with Crippen LogP contribution in [0.15, 0.2) is 0 Å². The molecule has 0 bridgehead atoms. The number of carbonyl (C=O) groups is 2. The molecule has 0 unspecified atom stereocenters. The van der Waals surface area contributed by atoms with E-state index in [9.17, 15) is 14.2 Å². The van der Waals surface area contributed by atoms with Gasteiger partial charge in [0.25, 0.3) is 5.78 Å². The number of hydrogen-bond acceptors (Lipinski definition) is 6. The van der Waals surface area contributed by atoms with E-state index in [1.807, 2.05) is 0 Å². The number of Topliss-reactive ketones (excluding diaryl/α,β-unsaturated/α-hetero) is 1. The number of carbonyl (C=O) groups excluding carboxylic acids is 2. The highest BCUT2D eigenvalue weighted by atomic mass is 31.2. The second kappa shape index (κ2) is 8.19. The van der Waals surface area contributed by atoms with E-state index >= 15 is 0 Å². The molecule has 0 spiro atoms. The molecule has 0 aliphatic carbocycles. The number of ketones is 1. The van der Waals surface area contributed by atoms with Crippen molar-refractivity contribution < 1.29 is 32.7 Å². The summed E-state index contributed by atoms with van der Waals surface area (Å²) in [7, 11) is -1.84. The van der Waals surface area contributed by atoms with Crippen LogP contribution in [0.25, 0.3) is 5.53 Å². The second-order valence-corrected chi connectivity index (χ2v) is 7.61. The van der Waals surface area contributed by atoms with E-state index in [-0.39, 0.29) is 6.42 Å². The summed E-state index contributed by atoms with van der Waals surface area (Å²) in [4.78, 5) is 26.3. The Bertz CT molecular complexity index is 513. The zero-order valence-electron chi connectivity index (χ0n) is 13.6. The van der Waals surface area contributed by atoms with Crippen LogP contribution < -0.4 is 5.32 Å². The maximum absolute atomic E-state index is 12.0. The molecular weight excluding hydrogens is 313 g/mol. The highest BCUT2D eigenvalue weighted by Gasteiger charge is 2.44. The van der Waals surface area contributed by atoms with Crippen LogP contribution in [0.2, 0.25) is 0 Å². The number of hydrogen-bond donors (Lipinski definition) is 1. The van der Waals surface area contributed by atoms with Crippen molar-refractivity contribution in [2.45, 2.75) is 45.8 Å². The van der Waals surface area contributed by atoms with E-state index in [2.05, 4.69) is 19.2 Å². The van der Waals surface area contributed by atoms with Crippen LogP contribution >= 0.6 is 7.60 Å². The molecule has 22 heavy (non-hydrogen) atoms. The first-order valence-corrected chi connectivity index (χ1v) is 8.00. The van der Waals surface area contributed by atoms with Crippen molar-refractivity contribution in [3.05, 3.63) is 5.53 Å². The Hall–Kier alpha value is -1.53. The molecule has 0 aromatic heterocycles. The summed E-state index contributed by atoms with van der Waals surface area (Å²) >= 11 is 0. The molecule has 1 atom stereocenters. The van der Waals surface area contributed by atoms with Crippen LogP contribution in [0.5, 0.6) is 0 Å². The predicted octanol–water partition coefficient (Wildman–Crippen LogP) is 1.97. The van der Waals surface area contributed by atoms with Gasteiger partial charge in [0, 0.05) is 26.7 Å². The van der Waals surface area contributed by atoms with Gasteiger partial charge < -0.3 is 24.6 Å². The lowest BCUT2D eigenvalue weighted by Crippen LogP contribution is -2.39. The number of nitrogens with one attached hydrogen (secondary N) is 1. The van der Waals surface area contributed by atoms with Crippen molar-refractivity contribution in [3.63, 3.8) is 0 Å². The first kappa shape index (κ1) is 20.5. The summed E-state index contributed by atoms with van der Waals surface area (Å²) < 4.78 is 26.3. The van der Waals surface area contributed by atoms with Gasteiger partial charge >= 0.3 is 19.1 Å². The molecule has 126 valence electrons. The molecule has 0 saturated carbocycles. The standard InChI is InChI=1S/C12H22N3O6P/c1-8(14-11(17)21-12(2,3)4)7-9(16)10(15-13)22(18,19-5)20-6/h8H,7H2,1-6H3,(H,14,17)/t8-/m0/s1. The molecule has 0 aromatic carbocycles.